The van der Waals surface area contributed by atoms with Crippen LogP contribution >= 0.6 is 0 Å². The SMILES string of the molecule is Cc1cccc(F)c1C(=O)N1CCc2ncnc(-c3cncnc3)c2C1. The van der Waals surface area contributed by atoms with Gasteiger partial charge >= 0.3 is 0 Å². The first-order chi connectivity index (χ1) is 12.6. The lowest BCUT2D eigenvalue weighted by Crippen LogP contribution is -2.37. The van der Waals surface area contributed by atoms with Gasteiger partial charge in [-0.2, -0.15) is 0 Å². The third-order valence-corrected chi connectivity index (χ3v) is 4.56. The predicted octanol–water partition coefficient (Wildman–Crippen LogP) is 2.58. The molecule has 0 atom stereocenters. The van der Waals surface area contributed by atoms with Gasteiger partial charge in [0.2, 0.25) is 0 Å². The third-order valence-electron chi connectivity index (χ3n) is 4.56. The van der Waals surface area contributed by atoms with E-state index in [-0.39, 0.29) is 11.5 Å². The Bertz CT molecular complexity index is 957. The molecule has 1 aromatic carbocycles. The van der Waals surface area contributed by atoms with Gasteiger partial charge in [0.15, 0.2) is 0 Å². The van der Waals surface area contributed by atoms with Gasteiger partial charge < -0.3 is 4.90 Å². The number of amides is 1. The molecule has 0 bridgehead atoms. The number of aromatic nitrogens is 4. The molecule has 7 heteroatoms. The monoisotopic (exact) mass is 349 g/mol. The lowest BCUT2D eigenvalue weighted by atomic mass is 9.99. The van der Waals surface area contributed by atoms with Crippen molar-refractivity contribution in [1.82, 2.24) is 24.8 Å². The number of aryl methyl sites for hydroxylation is 1. The molecule has 0 N–H and O–H groups in total. The number of hydrogen-bond donors (Lipinski definition) is 0. The average Bonchev–Trinajstić information content (AvgIpc) is 2.67. The molecule has 0 aliphatic carbocycles. The zero-order valence-corrected chi connectivity index (χ0v) is 14.2. The minimum absolute atomic E-state index is 0.123. The molecule has 0 saturated carbocycles. The second kappa shape index (κ2) is 6.59. The summed E-state index contributed by atoms with van der Waals surface area (Å²) in [6.45, 7) is 2.55. The van der Waals surface area contributed by atoms with Crippen LogP contribution in [0, 0.1) is 12.7 Å². The van der Waals surface area contributed by atoms with Crippen LogP contribution in [-0.2, 0) is 13.0 Å². The number of carbonyl (C=O) groups excluding carboxylic acids is 1. The molecule has 4 rings (SSSR count). The number of carbonyl (C=O) groups is 1. The third kappa shape index (κ3) is 2.81. The maximum absolute atomic E-state index is 14.2. The summed E-state index contributed by atoms with van der Waals surface area (Å²) in [4.78, 5) is 31.3. The molecule has 2 aromatic heterocycles. The first-order valence-electron chi connectivity index (χ1n) is 8.27. The van der Waals surface area contributed by atoms with Crippen LogP contribution in [-0.4, -0.2) is 37.3 Å². The van der Waals surface area contributed by atoms with Crippen molar-refractivity contribution in [2.24, 2.45) is 0 Å². The van der Waals surface area contributed by atoms with E-state index in [4.69, 9.17) is 0 Å². The van der Waals surface area contributed by atoms with E-state index < -0.39 is 5.82 Å². The largest absolute Gasteiger partial charge is 0.334 e. The quantitative estimate of drug-likeness (QED) is 0.711. The van der Waals surface area contributed by atoms with Crippen LogP contribution in [0.5, 0.6) is 0 Å². The van der Waals surface area contributed by atoms with Crippen LogP contribution < -0.4 is 0 Å². The van der Waals surface area contributed by atoms with Crippen LogP contribution in [0.2, 0.25) is 0 Å². The van der Waals surface area contributed by atoms with E-state index in [0.717, 1.165) is 16.8 Å². The number of hydrogen-bond acceptors (Lipinski definition) is 5. The number of benzene rings is 1. The molecular formula is C19H16FN5O. The Labute approximate surface area is 149 Å². The Morgan fingerprint density at radius 2 is 1.96 bits per heavy atom. The summed E-state index contributed by atoms with van der Waals surface area (Å²) in [6, 6.07) is 4.66. The van der Waals surface area contributed by atoms with Crippen LogP contribution in [0.1, 0.15) is 27.2 Å². The van der Waals surface area contributed by atoms with Crippen molar-refractivity contribution >= 4 is 5.91 Å². The predicted molar refractivity (Wildman–Crippen MR) is 92.6 cm³/mol. The summed E-state index contributed by atoms with van der Waals surface area (Å²) >= 11 is 0. The number of fused-ring (bicyclic) bond motifs is 1. The van der Waals surface area contributed by atoms with E-state index in [2.05, 4.69) is 19.9 Å². The van der Waals surface area contributed by atoms with Crippen molar-refractivity contribution < 1.29 is 9.18 Å². The highest BCUT2D eigenvalue weighted by atomic mass is 19.1. The Kier molecular flexibility index (Phi) is 4.12. The van der Waals surface area contributed by atoms with Crippen molar-refractivity contribution in [2.45, 2.75) is 19.9 Å². The Morgan fingerprint density at radius 1 is 1.15 bits per heavy atom. The molecule has 1 aliphatic rings. The summed E-state index contributed by atoms with van der Waals surface area (Å²) in [5, 5.41) is 0. The summed E-state index contributed by atoms with van der Waals surface area (Å²) in [5.74, 6) is -0.813. The van der Waals surface area contributed by atoms with Crippen molar-refractivity contribution in [1.29, 1.82) is 0 Å². The molecule has 0 spiro atoms. The minimum atomic E-state index is -0.498. The van der Waals surface area contributed by atoms with Gasteiger partial charge in [0.1, 0.15) is 18.5 Å². The summed E-state index contributed by atoms with van der Waals surface area (Å²) in [7, 11) is 0. The molecule has 0 radical (unpaired) electrons. The molecule has 3 heterocycles. The van der Waals surface area contributed by atoms with E-state index in [9.17, 15) is 9.18 Å². The topological polar surface area (TPSA) is 71.9 Å². The fraction of sp³-hybridized carbons (Fsp3) is 0.211. The maximum atomic E-state index is 14.2. The van der Waals surface area contributed by atoms with Gasteiger partial charge in [-0.3, -0.25) is 4.79 Å². The zero-order chi connectivity index (χ0) is 18.1. The number of halogens is 1. The molecule has 26 heavy (non-hydrogen) atoms. The van der Waals surface area contributed by atoms with E-state index in [0.29, 0.717) is 30.8 Å². The van der Waals surface area contributed by atoms with Gasteiger partial charge in [0, 0.05) is 43.0 Å². The first-order valence-corrected chi connectivity index (χ1v) is 8.27. The lowest BCUT2D eigenvalue weighted by molar-refractivity contribution is 0.0728. The maximum Gasteiger partial charge on any atom is 0.257 e. The number of rotatable bonds is 2. The molecule has 0 fully saturated rings. The van der Waals surface area contributed by atoms with Crippen LogP contribution in [0.3, 0.4) is 0 Å². The van der Waals surface area contributed by atoms with Crippen molar-refractivity contribution in [2.75, 3.05) is 6.54 Å². The van der Waals surface area contributed by atoms with Gasteiger partial charge in [0.25, 0.3) is 5.91 Å². The van der Waals surface area contributed by atoms with Gasteiger partial charge in [-0.05, 0) is 18.6 Å². The highest BCUT2D eigenvalue weighted by Gasteiger charge is 2.27. The lowest BCUT2D eigenvalue weighted by Gasteiger charge is -2.29. The van der Waals surface area contributed by atoms with Crippen molar-refractivity contribution in [3.8, 4) is 11.3 Å². The molecule has 6 nitrogen and oxygen atoms in total. The standard InChI is InChI=1S/C19H16FN5O/c1-12-3-2-4-15(20)17(12)19(26)25-6-5-16-14(9-25)18(24-11-23-16)13-7-21-10-22-8-13/h2-4,7-8,10-11H,5-6,9H2,1H3. The van der Waals surface area contributed by atoms with Crippen LogP contribution in [0.15, 0.2) is 43.2 Å². The fourth-order valence-corrected chi connectivity index (χ4v) is 3.25. The van der Waals surface area contributed by atoms with Gasteiger partial charge in [-0.1, -0.05) is 12.1 Å². The first kappa shape index (κ1) is 16.3. The normalized spacial score (nSPS) is 13.4. The highest BCUT2D eigenvalue weighted by molar-refractivity contribution is 5.96. The molecule has 3 aromatic rings. The van der Waals surface area contributed by atoms with Gasteiger partial charge in [-0.25, -0.2) is 24.3 Å². The molecule has 0 saturated heterocycles. The fourth-order valence-electron chi connectivity index (χ4n) is 3.25. The molecule has 130 valence electrons. The van der Waals surface area contributed by atoms with E-state index in [1.54, 1.807) is 36.4 Å². The van der Waals surface area contributed by atoms with Crippen molar-refractivity contribution in [3.05, 3.63) is 71.4 Å². The van der Waals surface area contributed by atoms with Crippen LogP contribution in [0.25, 0.3) is 11.3 Å². The zero-order valence-electron chi connectivity index (χ0n) is 14.2. The Morgan fingerprint density at radius 3 is 2.73 bits per heavy atom. The second-order valence-corrected chi connectivity index (χ2v) is 6.18. The van der Waals surface area contributed by atoms with E-state index in [1.807, 2.05) is 0 Å². The van der Waals surface area contributed by atoms with Gasteiger partial charge in [-0.15, -0.1) is 0 Å². The number of nitrogens with zero attached hydrogens (tertiary/aromatic N) is 5. The highest BCUT2D eigenvalue weighted by Crippen LogP contribution is 2.28. The van der Waals surface area contributed by atoms with Gasteiger partial charge in [0.05, 0.1) is 17.0 Å². The summed E-state index contributed by atoms with van der Waals surface area (Å²) in [6.07, 6.45) is 6.92. The van der Waals surface area contributed by atoms with E-state index in [1.165, 1.54) is 18.7 Å². The summed E-state index contributed by atoms with van der Waals surface area (Å²) in [5.41, 5.74) is 3.98. The average molecular weight is 349 g/mol. The molecule has 1 aliphatic heterocycles. The van der Waals surface area contributed by atoms with Crippen molar-refractivity contribution in [3.63, 3.8) is 0 Å². The van der Waals surface area contributed by atoms with Crippen LogP contribution in [0.4, 0.5) is 4.39 Å². The Hall–Kier alpha value is -3.22. The second-order valence-electron chi connectivity index (χ2n) is 6.18. The molecule has 1 amide bonds. The smallest absolute Gasteiger partial charge is 0.257 e. The molecule has 0 unspecified atom stereocenters. The minimum Gasteiger partial charge on any atom is -0.334 e. The van der Waals surface area contributed by atoms with E-state index >= 15 is 0 Å². The summed E-state index contributed by atoms with van der Waals surface area (Å²) < 4.78 is 14.2. The Balaban J connectivity index is 1.71. The molecular weight excluding hydrogens is 333 g/mol.